The lowest BCUT2D eigenvalue weighted by molar-refractivity contribution is -0.117. The molecule has 1 saturated heterocycles. The predicted molar refractivity (Wildman–Crippen MR) is 154 cm³/mol. The van der Waals surface area contributed by atoms with E-state index in [1.807, 2.05) is 6.92 Å². The van der Waals surface area contributed by atoms with Gasteiger partial charge in [-0.05, 0) is 42.8 Å². The quantitative estimate of drug-likeness (QED) is 0.338. The first-order valence-electron chi connectivity index (χ1n) is 13.2. The van der Waals surface area contributed by atoms with Gasteiger partial charge in [-0.2, -0.15) is 8.78 Å². The third-order valence-electron chi connectivity index (χ3n) is 6.34. The van der Waals surface area contributed by atoms with Crippen LogP contribution >= 0.6 is 0 Å². The van der Waals surface area contributed by atoms with Crippen molar-refractivity contribution < 1.29 is 42.1 Å². The molecule has 0 aliphatic carbocycles. The molecule has 2 aromatic carbocycles. The van der Waals surface area contributed by atoms with Crippen LogP contribution in [-0.2, 0) is 14.3 Å². The Morgan fingerprint density at radius 1 is 1.09 bits per heavy atom. The summed E-state index contributed by atoms with van der Waals surface area (Å²) in [5.41, 5.74) is 1.24. The summed E-state index contributed by atoms with van der Waals surface area (Å²) < 4.78 is 53.2. The van der Waals surface area contributed by atoms with Crippen molar-refractivity contribution in [3.8, 4) is 11.5 Å². The Hall–Kier alpha value is -4.36. The number of hydrogen-bond acceptors (Lipinski definition) is 7. The smallest absolute Gasteiger partial charge is 0.387 e. The van der Waals surface area contributed by atoms with Gasteiger partial charge in [0.1, 0.15) is 23.0 Å². The van der Waals surface area contributed by atoms with Gasteiger partial charge in [0.05, 0.1) is 26.4 Å². The maximum atomic E-state index is 14.4. The first-order valence-corrected chi connectivity index (χ1v) is 13.2. The van der Waals surface area contributed by atoms with Crippen molar-refractivity contribution >= 4 is 18.0 Å². The second kappa shape index (κ2) is 17.6. The maximum absolute atomic E-state index is 14.4. The minimum Gasteiger partial charge on any atom is -0.497 e. The molecule has 1 aliphatic rings. The number of anilines is 1. The number of benzene rings is 2. The molecule has 1 aromatic heterocycles. The number of methoxy groups -OCH3 is 2. The van der Waals surface area contributed by atoms with Crippen LogP contribution in [-0.4, -0.2) is 69.6 Å². The van der Waals surface area contributed by atoms with Crippen LogP contribution in [0.5, 0.6) is 11.5 Å². The molecule has 2 heterocycles. The van der Waals surface area contributed by atoms with E-state index in [-0.39, 0.29) is 49.4 Å². The highest BCUT2D eigenvalue weighted by Crippen LogP contribution is 2.33. The molecule has 0 radical (unpaired) electrons. The van der Waals surface area contributed by atoms with Gasteiger partial charge in [0.15, 0.2) is 0 Å². The zero-order valence-electron chi connectivity index (χ0n) is 24.3. The number of aromatic nitrogens is 1. The summed E-state index contributed by atoms with van der Waals surface area (Å²) in [7, 11) is 4.50. The number of amides is 2. The van der Waals surface area contributed by atoms with Crippen LogP contribution in [0, 0.1) is 12.7 Å². The summed E-state index contributed by atoms with van der Waals surface area (Å²) in [5.74, 6) is -0.446. The number of hydrogen-bond donors (Lipinski definition) is 2. The number of carbonyl (C=O) groups is 2. The van der Waals surface area contributed by atoms with Gasteiger partial charge >= 0.3 is 6.61 Å². The summed E-state index contributed by atoms with van der Waals surface area (Å²) in [4.78, 5) is 35.9. The fraction of sp³-hybridized carbons (Fsp3) is 0.367. The average molecular weight is 608 g/mol. The summed E-state index contributed by atoms with van der Waals surface area (Å²) in [6, 6.07) is 13.7. The Balaban J connectivity index is 0.000000355. The second-order valence-corrected chi connectivity index (χ2v) is 9.29. The van der Waals surface area contributed by atoms with E-state index < -0.39 is 24.0 Å². The molecule has 1 fully saturated rings. The predicted octanol–water partition coefficient (Wildman–Crippen LogP) is 3.65. The van der Waals surface area contributed by atoms with E-state index in [4.69, 9.17) is 14.3 Å². The van der Waals surface area contributed by atoms with Crippen LogP contribution in [0.1, 0.15) is 29.5 Å². The van der Waals surface area contributed by atoms with E-state index in [0.717, 1.165) is 5.56 Å². The number of aryl methyl sites for hydroxylation is 1. The molecule has 2 unspecified atom stereocenters. The molecule has 3 aromatic rings. The number of alkyl halides is 2. The lowest BCUT2D eigenvalue weighted by Gasteiger charge is -2.21. The number of ether oxygens (including phenoxy) is 3. The van der Waals surface area contributed by atoms with Crippen LogP contribution in [0.3, 0.4) is 0 Å². The van der Waals surface area contributed by atoms with Crippen LogP contribution in [0.2, 0.25) is 0 Å². The highest BCUT2D eigenvalue weighted by molar-refractivity contribution is 5.96. The second-order valence-electron chi connectivity index (χ2n) is 9.29. The van der Waals surface area contributed by atoms with Gasteiger partial charge in [-0.15, -0.1) is 0 Å². The van der Waals surface area contributed by atoms with Gasteiger partial charge in [0.25, 0.3) is 5.56 Å². The Labute approximate surface area is 247 Å². The molecule has 234 valence electrons. The van der Waals surface area contributed by atoms with Gasteiger partial charge in [-0.3, -0.25) is 14.4 Å². The largest absolute Gasteiger partial charge is 0.497 e. The standard InChI is InChI=1S/C20H23FN2O5.C8H8F2O.C2H5NO/c1-27-12-14(11-24)22-7-3-4-18(20(22)26)23-10-13(8-19(23)25)16-6-5-15(28-2)9-17(16)21;1-6-2-4-7(5-3-6)11-8(9)10;1-3-2-4/h3-7,9,13-14,24H,8,10-12H2,1-2H3;2-5,8H,1H3;2H,1H3,(H,3,4). The van der Waals surface area contributed by atoms with E-state index in [9.17, 15) is 27.9 Å². The van der Waals surface area contributed by atoms with Crippen molar-refractivity contribution in [2.75, 3.05) is 45.9 Å². The van der Waals surface area contributed by atoms with Crippen molar-refractivity contribution in [3.05, 3.63) is 88.1 Å². The van der Waals surface area contributed by atoms with E-state index in [0.29, 0.717) is 17.7 Å². The van der Waals surface area contributed by atoms with Crippen molar-refractivity contribution in [2.24, 2.45) is 0 Å². The minimum atomic E-state index is -2.74. The third kappa shape index (κ3) is 10.1. The first kappa shape index (κ1) is 34.8. The fourth-order valence-corrected chi connectivity index (χ4v) is 4.24. The Kier molecular flexibility index (Phi) is 14.2. The van der Waals surface area contributed by atoms with Crippen molar-refractivity contribution in [2.45, 2.75) is 31.9 Å². The van der Waals surface area contributed by atoms with Gasteiger partial charge in [-0.25, -0.2) is 4.39 Å². The number of carbonyl (C=O) groups excluding carboxylic acids is 2. The monoisotopic (exact) mass is 607 g/mol. The first-order chi connectivity index (χ1) is 20.6. The molecular weight excluding hydrogens is 571 g/mol. The fourth-order valence-electron chi connectivity index (χ4n) is 4.24. The topological polar surface area (TPSA) is 119 Å². The number of nitrogens with zero attached hydrogens (tertiary/aromatic N) is 2. The van der Waals surface area contributed by atoms with E-state index >= 15 is 0 Å². The average Bonchev–Trinajstić information content (AvgIpc) is 3.38. The summed E-state index contributed by atoms with van der Waals surface area (Å²) in [5, 5.41) is 11.8. The number of nitrogens with one attached hydrogen (secondary N) is 1. The third-order valence-corrected chi connectivity index (χ3v) is 6.34. The highest BCUT2D eigenvalue weighted by Gasteiger charge is 2.34. The zero-order valence-corrected chi connectivity index (χ0v) is 24.3. The summed E-state index contributed by atoms with van der Waals surface area (Å²) >= 11 is 0. The highest BCUT2D eigenvalue weighted by atomic mass is 19.3. The maximum Gasteiger partial charge on any atom is 0.387 e. The number of aliphatic hydroxyl groups is 1. The van der Waals surface area contributed by atoms with E-state index in [2.05, 4.69) is 10.1 Å². The number of halogens is 3. The van der Waals surface area contributed by atoms with Crippen LogP contribution < -0.4 is 25.2 Å². The van der Waals surface area contributed by atoms with Crippen LogP contribution in [0.25, 0.3) is 0 Å². The molecule has 2 amide bonds. The Morgan fingerprint density at radius 2 is 1.74 bits per heavy atom. The van der Waals surface area contributed by atoms with E-state index in [1.165, 1.54) is 41.9 Å². The molecule has 1 aliphatic heterocycles. The van der Waals surface area contributed by atoms with Gasteiger partial charge in [0.2, 0.25) is 12.3 Å². The zero-order chi connectivity index (χ0) is 31.9. The van der Waals surface area contributed by atoms with Gasteiger partial charge < -0.3 is 34.1 Å². The van der Waals surface area contributed by atoms with Gasteiger partial charge in [0, 0.05) is 45.3 Å². The lowest BCUT2D eigenvalue weighted by Crippen LogP contribution is -2.36. The molecule has 4 rings (SSSR count). The lowest BCUT2D eigenvalue weighted by atomic mass is 9.97. The molecule has 2 N–H and O–H groups in total. The van der Waals surface area contributed by atoms with Crippen LogP contribution in [0.4, 0.5) is 18.9 Å². The minimum absolute atomic E-state index is 0.110. The molecule has 13 heteroatoms. The van der Waals surface area contributed by atoms with Crippen molar-refractivity contribution in [1.29, 1.82) is 0 Å². The Bertz CT molecular complexity index is 1370. The van der Waals surface area contributed by atoms with Crippen molar-refractivity contribution in [1.82, 2.24) is 9.88 Å². The SMILES string of the molecule is CNC=O.COCC(CO)n1cccc(N2CC(c3ccc(OC)cc3F)CC2=O)c1=O.Cc1ccc(OC(F)F)cc1. The molecule has 0 bridgehead atoms. The van der Waals surface area contributed by atoms with E-state index in [1.54, 1.807) is 49.6 Å². The molecule has 43 heavy (non-hydrogen) atoms. The number of aliphatic hydroxyl groups excluding tert-OH is 1. The number of pyridine rings is 1. The summed E-state index contributed by atoms with van der Waals surface area (Å²) in [6.07, 6.45) is 2.28. The van der Waals surface area contributed by atoms with Gasteiger partial charge in [-0.1, -0.05) is 23.8 Å². The Morgan fingerprint density at radius 3 is 2.28 bits per heavy atom. The normalized spacial score (nSPS) is 14.7. The molecular formula is C30H36F3N3O7. The molecule has 0 saturated carbocycles. The molecule has 10 nitrogen and oxygen atoms in total. The number of rotatable bonds is 10. The molecule has 2 atom stereocenters. The van der Waals surface area contributed by atoms with Crippen molar-refractivity contribution in [3.63, 3.8) is 0 Å². The summed E-state index contributed by atoms with van der Waals surface area (Å²) in [6.45, 7) is -0.766. The molecule has 0 spiro atoms. The van der Waals surface area contributed by atoms with Crippen LogP contribution in [0.15, 0.2) is 65.6 Å².